The first-order valence-corrected chi connectivity index (χ1v) is 16.6. The highest BCUT2D eigenvalue weighted by Crippen LogP contribution is 2.33. The second kappa shape index (κ2) is 14.3. The molecule has 10 heteroatoms. The van der Waals surface area contributed by atoms with E-state index in [4.69, 9.17) is 21.3 Å². The van der Waals surface area contributed by atoms with Gasteiger partial charge in [0.05, 0.1) is 13.3 Å². The van der Waals surface area contributed by atoms with Gasteiger partial charge in [0.1, 0.15) is 10.8 Å². The molecule has 2 aliphatic heterocycles. The zero-order valence-electron chi connectivity index (χ0n) is 25.7. The molecule has 8 nitrogen and oxygen atoms in total. The van der Waals surface area contributed by atoms with Gasteiger partial charge < -0.3 is 24.8 Å². The van der Waals surface area contributed by atoms with Crippen LogP contribution < -0.4 is 24.8 Å². The van der Waals surface area contributed by atoms with Crippen LogP contribution in [-0.4, -0.2) is 81.9 Å². The number of anilines is 5. The van der Waals surface area contributed by atoms with Crippen LogP contribution in [0.3, 0.4) is 0 Å². The number of ether oxygens (including phenoxy) is 1. The van der Waals surface area contributed by atoms with Gasteiger partial charge in [-0.3, -0.25) is 4.90 Å². The molecule has 1 N–H and O–H groups in total. The quantitative estimate of drug-likeness (QED) is 0.230. The van der Waals surface area contributed by atoms with Gasteiger partial charge in [-0.25, -0.2) is 4.98 Å². The van der Waals surface area contributed by atoms with E-state index in [1.165, 1.54) is 27.7 Å². The van der Waals surface area contributed by atoms with E-state index in [1.54, 1.807) is 13.3 Å². The average Bonchev–Trinajstić information content (AvgIpc) is 3.02. The smallest absolute Gasteiger partial charge is 0.227 e. The van der Waals surface area contributed by atoms with Crippen molar-refractivity contribution >= 4 is 69.1 Å². The second-order valence-electron chi connectivity index (χ2n) is 11.5. The number of halogens is 2. The lowest BCUT2D eigenvalue weighted by atomic mass is 9.95. The van der Waals surface area contributed by atoms with Crippen LogP contribution in [0.5, 0.6) is 5.75 Å². The number of aromatic nitrogens is 2. The van der Waals surface area contributed by atoms with Crippen molar-refractivity contribution in [1.82, 2.24) is 14.9 Å². The predicted octanol–water partition coefficient (Wildman–Crippen LogP) is 6.80. The third kappa shape index (κ3) is 7.49. The van der Waals surface area contributed by atoms with E-state index in [-0.39, 0.29) is 0 Å². The average molecular weight is 716 g/mol. The molecule has 0 amide bonds. The molecule has 0 aliphatic carbocycles. The zero-order chi connectivity index (χ0) is 30.5. The van der Waals surface area contributed by atoms with E-state index in [1.807, 2.05) is 26.2 Å². The molecule has 230 valence electrons. The summed E-state index contributed by atoms with van der Waals surface area (Å²) in [6.45, 7) is 13.3. The van der Waals surface area contributed by atoms with Crippen molar-refractivity contribution in [2.24, 2.45) is 5.92 Å². The number of methoxy groups -OCH3 is 1. The Morgan fingerprint density at radius 3 is 2.49 bits per heavy atom. The molecule has 2 aliphatic rings. The van der Waals surface area contributed by atoms with E-state index in [0.717, 1.165) is 80.8 Å². The van der Waals surface area contributed by atoms with Gasteiger partial charge in [-0.15, -0.1) is 0 Å². The Morgan fingerprint density at radius 1 is 1.09 bits per heavy atom. The van der Waals surface area contributed by atoms with Gasteiger partial charge >= 0.3 is 0 Å². The molecule has 0 unspecified atom stereocenters. The molecule has 3 aromatic rings. The number of hydrogen-bond acceptors (Lipinski definition) is 8. The maximum atomic E-state index is 6.51. The van der Waals surface area contributed by atoms with Crippen LogP contribution in [0.15, 0.2) is 43.1 Å². The number of hydrogen-bond donors (Lipinski definition) is 1. The fourth-order valence-corrected chi connectivity index (χ4v) is 7.22. The van der Waals surface area contributed by atoms with E-state index >= 15 is 0 Å². The summed E-state index contributed by atoms with van der Waals surface area (Å²) in [6, 6.07) is 10.7. The summed E-state index contributed by atoms with van der Waals surface area (Å²) in [6.07, 6.45) is 6.97. The van der Waals surface area contributed by atoms with Crippen LogP contribution >= 0.6 is 34.2 Å². The molecule has 0 spiro atoms. The molecule has 0 saturated carbocycles. The topological polar surface area (TPSA) is 60.0 Å². The van der Waals surface area contributed by atoms with E-state index < -0.39 is 0 Å². The second-order valence-corrected chi connectivity index (χ2v) is 13.1. The van der Waals surface area contributed by atoms with Crippen LogP contribution in [0.1, 0.15) is 30.9 Å². The Balaban J connectivity index is 1.14. The van der Waals surface area contributed by atoms with Gasteiger partial charge in [0.2, 0.25) is 5.95 Å². The summed E-state index contributed by atoms with van der Waals surface area (Å²) in [5.41, 5.74) is 5.65. The standard InChI is InChI=1S/C33H43ClIN7O/c1-6-24-18-25(8-9-30(24)39(3)4)37-32-28(34)21-36-33(38-32)42-16-14-40(15-17-42)22-23-10-12-41(13-11-23)26-19-29(35)27(7-2)31(20-26)43-5/h6,8-9,18-21,23H,1,7,10-17,22H2,2-5H3,(H,36,37,38). The first-order chi connectivity index (χ1) is 20.8. The zero-order valence-corrected chi connectivity index (χ0v) is 28.7. The fraction of sp³-hybridized carbons (Fsp3) is 0.455. The van der Waals surface area contributed by atoms with Crippen LogP contribution in [0.4, 0.5) is 28.8 Å². The number of benzene rings is 2. The monoisotopic (exact) mass is 715 g/mol. The molecule has 43 heavy (non-hydrogen) atoms. The Morgan fingerprint density at radius 2 is 1.84 bits per heavy atom. The molecule has 1 aromatic heterocycles. The summed E-state index contributed by atoms with van der Waals surface area (Å²) in [5, 5.41) is 3.89. The molecule has 5 rings (SSSR count). The molecular weight excluding hydrogens is 673 g/mol. The van der Waals surface area contributed by atoms with Gasteiger partial charge in [0.25, 0.3) is 0 Å². The molecular formula is C33H43ClIN7O. The lowest BCUT2D eigenvalue weighted by Gasteiger charge is -2.39. The van der Waals surface area contributed by atoms with Gasteiger partial charge in [0.15, 0.2) is 5.82 Å². The van der Waals surface area contributed by atoms with Gasteiger partial charge in [-0.1, -0.05) is 31.2 Å². The molecule has 2 fully saturated rings. The fourth-order valence-electron chi connectivity index (χ4n) is 6.11. The number of nitrogens with one attached hydrogen (secondary N) is 1. The number of rotatable bonds is 10. The van der Waals surface area contributed by atoms with Crippen LogP contribution in [0.25, 0.3) is 6.08 Å². The van der Waals surface area contributed by atoms with Gasteiger partial charge in [-0.2, -0.15) is 4.98 Å². The van der Waals surface area contributed by atoms with Crippen molar-refractivity contribution in [2.75, 3.05) is 87.0 Å². The Bertz CT molecular complexity index is 1420. The molecule has 2 saturated heterocycles. The minimum Gasteiger partial charge on any atom is -0.496 e. The first kappa shape index (κ1) is 31.7. The van der Waals surface area contributed by atoms with Gasteiger partial charge in [-0.05, 0) is 77.6 Å². The van der Waals surface area contributed by atoms with E-state index in [0.29, 0.717) is 16.8 Å². The summed E-state index contributed by atoms with van der Waals surface area (Å²) in [5.74, 6) is 3.07. The molecule has 0 atom stereocenters. The Hall–Kier alpha value is -2.76. The Labute approximate surface area is 275 Å². The van der Waals surface area contributed by atoms with Gasteiger partial charge in [0, 0.05) is 92.2 Å². The Kier molecular flexibility index (Phi) is 10.6. The highest BCUT2D eigenvalue weighted by Gasteiger charge is 2.26. The van der Waals surface area contributed by atoms with Crippen LogP contribution in [0.2, 0.25) is 5.02 Å². The third-order valence-corrected chi connectivity index (χ3v) is 9.83. The highest BCUT2D eigenvalue weighted by molar-refractivity contribution is 14.1. The van der Waals surface area contributed by atoms with Crippen LogP contribution in [-0.2, 0) is 6.42 Å². The first-order valence-electron chi connectivity index (χ1n) is 15.1. The maximum absolute atomic E-state index is 6.51. The predicted molar refractivity (Wildman–Crippen MR) is 190 cm³/mol. The minimum absolute atomic E-state index is 0.500. The SMILES string of the molecule is C=Cc1cc(Nc2nc(N3CCN(CC4CCN(c5cc(I)c(CC)c(OC)c5)CC4)CC3)ncc2Cl)ccc1N(C)C. The lowest BCUT2D eigenvalue weighted by Crippen LogP contribution is -2.49. The lowest BCUT2D eigenvalue weighted by molar-refractivity contribution is 0.201. The molecule has 3 heterocycles. The number of piperazine rings is 1. The highest BCUT2D eigenvalue weighted by atomic mass is 127. The summed E-state index contributed by atoms with van der Waals surface area (Å²) in [7, 11) is 5.83. The number of nitrogens with zero attached hydrogens (tertiary/aromatic N) is 6. The normalized spacial score (nSPS) is 16.3. The van der Waals surface area contributed by atoms with E-state index in [9.17, 15) is 0 Å². The van der Waals surface area contributed by atoms with Crippen molar-refractivity contribution < 1.29 is 4.74 Å². The summed E-state index contributed by atoms with van der Waals surface area (Å²) < 4.78 is 7.00. The summed E-state index contributed by atoms with van der Waals surface area (Å²) in [4.78, 5) is 18.9. The maximum Gasteiger partial charge on any atom is 0.227 e. The van der Waals surface area contributed by atoms with Crippen molar-refractivity contribution in [2.45, 2.75) is 26.2 Å². The van der Waals surface area contributed by atoms with Crippen molar-refractivity contribution in [3.8, 4) is 5.75 Å². The third-order valence-electron chi connectivity index (χ3n) is 8.59. The van der Waals surface area contributed by atoms with Crippen molar-refractivity contribution in [3.63, 3.8) is 0 Å². The van der Waals surface area contributed by atoms with Crippen molar-refractivity contribution in [3.05, 3.63) is 62.8 Å². The van der Waals surface area contributed by atoms with E-state index in [2.05, 4.69) is 90.3 Å². The molecule has 2 aromatic carbocycles. The molecule has 0 bridgehead atoms. The van der Waals surface area contributed by atoms with Crippen LogP contribution in [0, 0.1) is 9.49 Å². The summed E-state index contributed by atoms with van der Waals surface area (Å²) >= 11 is 8.96. The molecule has 0 radical (unpaired) electrons. The minimum atomic E-state index is 0.500. The number of piperidine rings is 1. The largest absolute Gasteiger partial charge is 0.496 e. The van der Waals surface area contributed by atoms with Crippen molar-refractivity contribution in [1.29, 1.82) is 0 Å².